The summed E-state index contributed by atoms with van der Waals surface area (Å²) in [5.41, 5.74) is 2.30. The number of aromatic nitrogens is 3. The van der Waals surface area contributed by atoms with Crippen LogP contribution in [-0.4, -0.2) is 29.6 Å². The van der Waals surface area contributed by atoms with Crippen molar-refractivity contribution in [2.75, 3.05) is 0 Å². The Morgan fingerprint density at radius 1 is 0.972 bits per heavy atom. The molecule has 0 atom stereocenters. The zero-order valence-corrected chi connectivity index (χ0v) is 20.7. The number of rotatable bonds is 6. The lowest BCUT2D eigenvalue weighted by Gasteiger charge is -2.13. The van der Waals surface area contributed by atoms with E-state index in [4.69, 9.17) is 23.2 Å². The SMILES string of the molecule is O=S(=O)(Cc1ccc(F)c(Cc2ncccc2-c2ncnc3c2N=CC3)c1F)c1ccc(Cl)c(Cl)c1. The predicted octanol–water partition coefficient (Wildman–Crippen LogP) is 5.95. The Balaban J connectivity index is 1.52. The van der Waals surface area contributed by atoms with Crippen molar-refractivity contribution in [3.05, 3.63) is 99.2 Å². The summed E-state index contributed by atoms with van der Waals surface area (Å²) in [5.74, 6) is -2.46. The lowest BCUT2D eigenvalue weighted by Crippen LogP contribution is -2.10. The minimum atomic E-state index is -3.99. The monoisotopic (exact) mass is 544 g/mol. The first-order valence-electron chi connectivity index (χ1n) is 10.7. The number of hydrogen-bond donors (Lipinski definition) is 0. The van der Waals surface area contributed by atoms with Crippen LogP contribution in [0, 0.1) is 11.6 Å². The summed E-state index contributed by atoms with van der Waals surface area (Å²) in [7, 11) is -3.99. The molecule has 1 aliphatic heterocycles. The van der Waals surface area contributed by atoms with E-state index in [2.05, 4.69) is 19.9 Å². The fourth-order valence-corrected chi connectivity index (χ4v) is 5.70. The Morgan fingerprint density at radius 3 is 2.61 bits per heavy atom. The number of fused-ring (bicyclic) bond motifs is 1. The van der Waals surface area contributed by atoms with Crippen molar-refractivity contribution in [2.24, 2.45) is 4.99 Å². The fourth-order valence-electron chi connectivity index (χ4n) is 3.96. The molecule has 11 heteroatoms. The quantitative estimate of drug-likeness (QED) is 0.299. The molecule has 0 spiro atoms. The average molecular weight is 545 g/mol. The lowest BCUT2D eigenvalue weighted by atomic mass is 9.99. The smallest absolute Gasteiger partial charge is 0.182 e. The second-order valence-corrected chi connectivity index (χ2v) is 10.8. The Labute approximate surface area is 215 Å². The third-order valence-electron chi connectivity index (χ3n) is 5.75. The Kier molecular flexibility index (Phi) is 6.55. The molecule has 0 fully saturated rings. The van der Waals surface area contributed by atoms with Crippen molar-refractivity contribution >= 4 is 44.9 Å². The number of halogens is 4. The van der Waals surface area contributed by atoms with Gasteiger partial charge in [-0.1, -0.05) is 29.3 Å². The summed E-state index contributed by atoms with van der Waals surface area (Å²) < 4.78 is 56.2. The first kappa shape index (κ1) is 24.4. The normalized spacial score (nSPS) is 12.7. The highest BCUT2D eigenvalue weighted by atomic mass is 35.5. The first-order valence-corrected chi connectivity index (χ1v) is 13.1. The van der Waals surface area contributed by atoms with E-state index >= 15 is 4.39 Å². The van der Waals surface area contributed by atoms with Gasteiger partial charge >= 0.3 is 0 Å². The molecule has 6 nitrogen and oxygen atoms in total. The topological polar surface area (TPSA) is 85.2 Å². The second-order valence-electron chi connectivity index (χ2n) is 8.04. The zero-order valence-electron chi connectivity index (χ0n) is 18.4. The van der Waals surface area contributed by atoms with Crippen molar-refractivity contribution < 1.29 is 17.2 Å². The molecule has 182 valence electrons. The summed E-state index contributed by atoms with van der Waals surface area (Å²) in [6.07, 6.45) is 4.99. The van der Waals surface area contributed by atoms with Crippen LogP contribution >= 0.6 is 23.2 Å². The van der Waals surface area contributed by atoms with E-state index in [1.165, 1.54) is 30.7 Å². The van der Waals surface area contributed by atoms with Crippen LogP contribution in [0.25, 0.3) is 11.3 Å². The van der Waals surface area contributed by atoms with Gasteiger partial charge in [0.2, 0.25) is 0 Å². The largest absolute Gasteiger partial charge is 0.260 e. The van der Waals surface area contributed by atoms with Crippen molar-refractivity contribution in [1.29, 1.82) is 0 Å². The van der Waals surface area contributed by atoms with Gasteiger partial charge in [0, 0.05) is 41.9 Å². The number of nitrogens with zero attached hydrogens (tertiary/aromatic N) is 4. The summed E-state index contributed by atoms with van der Waals surface area (Å²) in [4.78, 5) is 17.1. The number of aliphatic imine (C=N–C) groups is 1. The molecule has 0 amide bonds. The number of sulfone groups is 1. The fraction of sp³-hybridized carbons (Fsp3) is 0.120. The van der Waals surface area contributed by atoms with Gasteiger partial charge in [-0.25, -0.2) is 27.2 Å². The van der Waals surface area contributed by atoms with E-state index in [1.807, 2.05) is 0 Å². The third-order valence-corrected chi connectivity index (χ3v) is 8.16. The van der Waals surface area contributed by atoms with Crippen LogP contribution in [0.1, 0.15) is 22.5 Å². The molecule has 0 radical (unpaired) electrons. The molecule has 0 N–H and O–H groups in total. The van der Waals surface area contributed by atoms with Gasteiger partial charge in [0.15, 0.2) is 9.84 Å². The van der Waals surface area contributed by atoms with Gasteiger partial charge in [0.1, 0.15) is 29.3 Å². The molecule has 2 aromatic carbocycles. The van der Waals surface area contributed by atoms with Crippen molar-refractivity contribution in [3.63, 3.8) is 0 Å². The highest BCUT2D eigenvalue weighted by Crippen LogP contribution is 2.35. The third kappa shape index (κ3) is 4.61. The highest BCUT2D eigenvalue weighted by molar-refractivity contribution is 7.90. The van der Waals surface area contributed by atoms with Gasteiger partial charge in [-0.3, -0.25) is 9.98 Å². The maximum absolute atomic E-state index is 15.5. The van der Waals surface area contributed by atoms with Gasteiger partial charge in [-0.15, -0.1) is 0 Å². The van der Waals surface area contributed by atoms with Crippen LogP contribution in [0.4, 0.5) is 14.5 Å². The molecule has 0 saturated heterocycles. The number of pyridine rings is 1. The molecule has 4 aromatic rings. The highest BCUT2D eigenvalue weighted by Gasteiger charge is 2.24. The van der Waals surface area contributed by atoms with Crippen molar-refractivity contribution in [1.82, 2.24) is 15.0 Å². The van der Waals surface area contributed by atoms with Gasteiger partial charge in [0.25, 0.3) is 0 Å². The van der Waals surface area contributed by atoms with Crippen LogP contribution in [0.3, 0.4) is 0 Å². The van der Waals surface area contributed by atoms with Gasteiger partial charge in [-0.2, -0.15) is 0 Å². The van der Waals surface area contributed by atoms with Gasteiger partial charge in [-0.05, 0) is 36.4 Å². The maximum atomic E-state index is 15.5. The van der Waals surface area contributed by atoms with Crippen LogP contribution < -0.4 is 0 Å². The molecular formula is C25H16Cl2F2N4O2S. The Hall–Kier alpha value is -3.27. The molecule has 0 aliphatic carbocycles. The van der Waals surface area contributed by atoms with E-state index < -0.39 is 27.2 Å². The zero-order chi connectivity index (χ0) is 25.4. The van der Waals surface area contributed by atoms with Gasteiger partial charge in [0.05, 0.1) is 32.1 Å². The van der Waals surface area contributed by atoms with Crippen molar-refractivity contribution in [3.8, 4) is 11.3 Å². The molecule has 0 unspecified atom stereocenters. The molecular weight excluding hydrogens is 529 g/mol. The first-order chi connectivity index (χ1) is 17.2. The summed E-state index contributed by atoms with van der Waals surface area (Å²) in [5, 5.41) is 0.248. The standard InChI is InChI=1S/C25H16Cl2F2N4O2S/c26-18-5-4-15(10-19(18)27)36(34,35)12-14-3-6-20(28)17(23(14)29)11-22-16(2-1-8-30-22)24-25-21(7-9-31-25)32-13-33-24/h1-6,8-10,13H,7,11-12H2. The number of benzene rings is 2. The molecule has 2 aromatic heterocycles. The van der Waals surface area contributed by atoms with E-state index in [0.717, 1.165) is 17.8 Å². The Bertz CT molecular complexity index is 1650. The molecule has 1 aliphatic rings. The molecule has 36 heavy (non-hydrogen) atoms. The molecule has 3 heterocycles. The second kappa shape index (κ2) is 9.65. The van der Waals surface area contributed by atoms with E-state index in [0.29, 0.717) is 29.1 Å². The summed E-state index contributed by atoms with van der Waals surface area (Å²) in [6, 6.07) is 9.44. The van der Waals surface area contributed by atoms with Gasteiger partial charge < -0.3 is 0 Å². The van der Waals surface area contributed by atoms with E-state index in [9.17, 15) is 12.8 Å². The van der Waals surface area contributed by atoms with Crippen LogP contribution in [0.5, 0.6) is 0 Å². The molecule has 0 bridgehead atoms. The minimum Gasteiger partial charge on any atom is -0.260 e. The van der Waals surface area contributed by atoms with Crippen LogP contribution in [0.2, 0.25) is 10.0 Å². The van der Waals surface area contributed by atoms with Crippen molar-refractivity contribution in [2.45, 2.75) is 23.5 Å². The van der Waals surface area contributed by atoms with Crippen LogP contribution in [0.15, 0.2) is 64.9 Å². The Morgan fingerprint density at radius 2 is 1.81 bits per heavy atom. The molecule has 5 rings (SSSR count). The van der Waals surface area contributed by atoms with Crippen LogP contribution in [-0.2, 0) is 28.4 Å². The van der Waals surface area contributed by atoms with E-state index in [-0.39, 0.29) is 32.5 Å². The minimum absolute atomic E-state index is 0.0567. The lowest BCUT2D eigenvalue weighted by molar-refractivity contribution is 0.550. The maximum Gasteiger partial charge on any atom is 0.182 e. The summed E-state index contributed by atoms with van der Waals surface area (Å²) >= 11 is 11.8. The van der Waals surface area contributed by atoms with E-state index in [1.54, 1.807) is 18.3 Å². The average Bonchev–Trinajstić information content (AvgIpc) is 3.35. The summed E-state index contributed by atoms with van der Waals surface area (Å²) in [6.45, 7) is 0. The predicted molar refractivity (Wildman–Crippen MR) is 134 cm³/mol. The number of hydrogen-bond acceptors (Lipinski definition) is 6. The molecule has 0 saturated carbocycles.